The highest BCUT2D eigenvalue weighted by Crippen LogP contribution is 2.22. The van der Waals surface area contributed by atoms with Crippen molar-refractivity contribution in [3.63, 3.8) is 0 Å². The monoisotopic (exact) mass is 387 g/mol. The van der Waals surface area contributed by atoms with Crippen LogP contribution in [0.15, 0.2) is 83.3 Å². The number of imidazole rings is 1. The van der Waals surface area contributed by atoms with Crippen LogP contribution in [0.25, 0.3) is 11.3 Å². The third-order valence-corrected chi connectivity index (χ3v) is 5.17. The number of aromatic nitrogens is 2. The predicted octanol–water partition coefficient (Wildman–Crippen LogP) is 4.47. The molecule has 140 valence electrons. The molecule has 0 unspecified atom stereocenters. The van der Waals surface area contributed by atoms with Crippen LogP contribution in [0.5, 0.6) is 0 Å². The summed E-state index contributed by atoms with van der Waals surface area (Å²) in [5, 5.41) is 5.39. The Hall–Kier alpha value is -3.22. The molecule has 28 heavy (non-hydrogen) atoms. The number of hydrogen-bond donors (Lipinski definition) is 3. The van der Waals surface area contributed by atoms with Crippen molar-refractivity contribution >= 4 is 22.9 Å². The van der Waals surface area contributed by atoms with Gasteiger partial charge in [0.05, 0.1) is 22.8 Å². The predicted molar refractivity (Wildman–Crippen MR) is 116 cm³/mol. The van der Waals surface area contributed by atoms with Gasteiger partial charge in [0.15, 0.2) is 0 Å². The van der Waals surface area contributed by atoms with E-state index >= 15 is 0 Å². The van der Waals surface area contributed by atoms with Gasteiger partial charge in [-0.15, -0.1) is 11.3 Å². The molecule has 0 aliphatic carbocycles. The van der Waals surface area contributed by atoms with Crippen molar-refractivity contribution in [1.29, 1.82) is 0 Å². The fourth-order valence-corrected chi connectivity index (χ4v) is 3.47. The average molecular weight is 388 g/mol. The van der Waals surface area contributed by atoms with Gasteiger partial charge >= 0.3 is 0 Å². The molecule has 4 N–H and O–H groups in total. The quantitative estimate of drug-likeness (QED) is 0.323. The van der Waals surface area contributed by atoms with Gasteiger partial charge in [-0.1, -0.05) is 48.5 Å². The topological polar surface area (TPSA) is 79.1 Å². The molecule has 0 bridgehead atoms. The van der Waals surface area contributed by atoms with Crippen molar-refractivity contribution in [2.24, 2.45) is 10.7 Å². The lowest BCUT2D eigenvalue weighted by atomic mass is 10.1. The van der Waals surface area contributed by atoms with Gasteiger partial charge < -0.3 is 16.0 Å². The largest absolute Gasteiger partial charge is 0.383 e. The normalized spacial score (nSPS) is 11.6. The van der Waals surface area contributed by atoms with E-state index in [-0.39, 0.29) is 0 Å². The second kappa shape index (κ2) is 8.65. The summed E-state index contributed by atoms with van der Waals surface area (Å²) >= 11 is 1.58. The van der Waals surface area contributed by atoms with Crippen LogP contribution >= 0.6 is 11.3 Å². The standard InChI is InChI=1S/C22H21N5S/c23-22(20-7-4-12-28-20)26-18-10-8-17(9-11-18)19-14-25-21(27-19)15-24-13-16-5-2-1-3-6-16/h1-12,14,24H,13,15H2,(H2,23,26)(H,25,27). The summed E-state index contributed by atoms with van der Waals surface area (Å²) in [5.41, 5.74) is 10.1. The first-order chi connectivity index (χ1) is 13.8. The Kier molecular flexibility index (Phi) is 5.61. The average Bonchev–Trinajstić information content (AvgIpc) is 3.42. The molecule has 0 aliphatic heterocycles. The third-order valence-electron chi connectivity index (χ3n) is 4.28. The molecule has 2 heterocycles. The molecule has 0 saturated heterocycles. The molecule has 0 fully saturated rings. The molecule has 0 radical (unpaired) electrons. The van der Waals surface area contributed by atoms with Gasteiger partial charge in [0.25, 0.3) is 0 Å². The molecule has 0 spiro atoms. The Morgan fingerprint density at radius 3 is 2.57 bits per heavy atom. The van der Waals surface area contributed by atoms with Crippen molar-refractivity contribution in [2.45, 2.75) is 13.1 Å². The molecule has 5 nitrogen and oxygen atoms in total. The van der Waals surface area contributed by atoms with Crippen molar-refractivity contribution < 1.29 is 0 Å². The first kappa shape index (κ1) is 18.2. The van der Waals surface area contributed by atoms with Crippen LogP contribution in [-0.2, 0) is 13.1 Å². The fourth-order valence-electron chi connectivity index (χ4n) is 2.85. The highest BCUT2D eigenvalue weighted by molar-refractivity contribution is 7.12. The molecule has 4 aromatic rings. The van der Waals surface area contributed by atoms with Crippen LogP contribution < -0.4 is 11.1 Å². The number of rotatable bonds is 7. The zero-order valence-electron chi connectivity index (χ0n) is 15.3. The van der Waals surface area contributed by atoms with Gasteiger partial charge in [0, 0.05) is 18.3 Å². The van der Waals surface area contributed by atoms with Gasteiger partial charge in [-0.3, -0.25) is 0 Å². The number of nitrogens with two attached hydrogens (primary N) is 1. The maximum atomic E-state index is 6.05. The number of thiophene rings is 1. The van der Waals surface area contributed by atoms with E-state index in [0.29, 0.717) is 12.4 Å². The van der Waals surface area contributed by atoms with E-state index in [1.807, 2.05) is 66.2 Å². The third kappa shape index (κ3) is 4.54. The van der Waals surface area contributed by atoms with E-state index < -0.39 is 0 Å². The van der Waals surface area contributed by atoms with Gasteiger partial charge in [-0.2, -0.15) is 0 Å². The second-order valence-corrected chi connectivity index (χ2v) is 7.29. The number of aromatic amines is 1. The zero-order valence-corrected chi connectivity index (χ0v) is 16.1. The van der Waals surface area contributed by atoms with E-state index in [1.54, 1.807) is 11.3 Å². The van der Waals surface area contributed by atoms with E-state index in [2.05, 4.69) is 32.4 Å². The molecular weight excluding hydrogens is 366 g/mol. The number of nitrogens with zero attached hydrogens (tertiary/aromatic N) is 2. The molecule has 2 aromatic heterocycles. The van der Waals surface area contributed by atoms with Crippen molar-refractivity contribution in [3.8, 4) is 11.3 Å². The lowest BCUT2D eigenvalue weighted by Crippen LogP contribution is -2.13. The first-order valence-electron chi connectivity index (χ1n) is 9.05. The maximum Gasteiger partial charge on any atom is 0.141 e. The van der Waals surface area contributed by atoms with Crippen LogP contribution in [0, 0.1) is 0 Å². The van der Waals surface area contributed by atoms with Crippen LogP contribution in [0.2, 0.25) is 0 Å². The lowest BCUT2D eigenvalue weighted by Gasteiger charge is -2.02. The van der Waals surface area contributed by atoms with Crippen LogP contribution in [0.1, 0.15) is 16.3 Å². The van der Waals surface area contributed by atoms with Crippen LogP contribution in [-0.4, -0.2) is 15.8 Å². The van der Waals surface area contributed by atoms with Crippen molar-refractivity contribution in [3.05, 3.63) is 94.6 Å². The lowest BCUT2D eigenvalue weighted by molar-refractivity contribution is 0.669. The number of amidine groups is 1. The molecular formula is C22H21N5S. The molecule has 0 atom stereocenters. The Morgan fingerprint density at radius 1 is 1.00 bits per heavy atom. The van der Waals surface area contributed by atoms with Crippen molar-refractivity contribution in [2.75, 3.05) is 0 Å². The number of H-pyrrole nitrogens is 1. The summed E-state index contributed by atoms with van der Waals surface area (Å²) in [7, 11) is 0. The minimum Gasteiger partial charge on any atom is -0.383 e. The summed E-state index contributed by atoms with van der Waals surface area (Å²) in [6.45, 7) is 1.50. The van der Waals surface area contributed by atoms with E-state index in [4.69, 9.17) is 5.73 Å². The molecule has 2 aromatic carbocycles. The molecule has 0 saturated carbocycles. The minimum absolute atomic E-state index is 0.536. The SMILES string of the molecule is N/C(=N\c1ccc(-c2c[nH]c(CNCc3ccccc3)n2)cc1)c1cccs1. The summed E-state index contributed by atoms with van der Waals surface area (Å²) in [6, 6.07) is 22.2. The summed E-state index contributed by atoms with van der Waals surface area (Å²) in [6.07, 6.45) is 1.93. The first-order valence-corrected chi connectivity index (χ1v) is 9.93. The van der Waals surface area contributed by atoms with Gasteiger partial charge in [0.1, 0.15) is 11.7 Å². The molecule has 0 amide bonds. The Labute approximate surface area is 168 Å². The summed E-state index contributed by atoms with van der Waals surface area (Å²) in [5.74, 6) is 1.45. The molecule has 6 heteroatoms. The van der Waals surface area contributed by atoms with Gasteiger partial charge in [0.2, 0.25) is 0 Å². The van der Waals surface area contributed by atoms with Crippen LogP contribution in [0.4, 0.5) is 5.69 Å². The van der Waals surface area contributed by atoms with Gasteiger partial charge in [-0.25, -0.2) is 9.98 Å². The van der Waals surface area contributed by atoms with E-state index in [0.717, 1.165) is 34.2 Å². The zero-order chi connectivity index (χ0) is 19.2. The minimum atomic E-state index is 0.536. The Morgan fingerprint density at radius 2 is 1.82 bits per heavy atom. The van der Waals surface area contributed by atoms with E-state index in [9.17, 15) is 0 Å². The van der Waals surface area contributed by atoms with Crippen molar-refractivity contribution in [1.82, 2.24) is 15.3 Å². The number of hydrogen-bond acceptors (Lipinski definition) is 4. The molecule has 0 aliphatic rings. The Bertz CT molecular complexity index is 1030. The smallest absolute Gasteiger partial charge is 0.141 e. The number of aliphatic imine (C=N–C) groups is 1. The summed E-state index contributed by atoms with van der Waals surface area (Å²) < 4.78 is 0. The van der Waals surface area contributed by atoms with Crippen LogP contribution in [0.3, 0.4) is 0 Å². The summed E-state index contributed by atoms with van der Waals surface area (Å²) in [4.78, 5) is 13.4. The number of nitrogens with one attached hydrogen (secondary N) is 2. The highest BCUT2D eigenvalue weighted by atomic mass is 32.1. The number of benzene rings is 2. The second-order valence-electron chi connectivity index (χ2n) is 6.34. The highest BCUT2D eigenvalue weighted by Gasteiger charge is 2.05. The maximum absolute atomic E-state index is 6.05. The fraction of sp³-hybridized carbons (Fsp3) is 0.0909. The van der Waals surface area contributed by atoms with E-state index in [1.165, 1.54) is 5.56 Å². The Balaban J connectivity index is 1.37. The van der Waals surface area contributed by atoms with Gasteiger partial charge in [-0.05, 0) is 29.1 Å². The molecule has 4 rings (SSSR count).